The van der Waals surface area contributed by atoms with Crippen molar-refractivity contribution >= 4 is 56.5 Å². The molecule has 0 aliphatic heterocycles. The first kappa shape index (κ1) is 18.8. The fourth-order valence-electron chi connectivity index (χ4n) is 2.61. The topological polar surface area (TPSA) is 51.2 Å². The van der Waals surface area contributed by atoms with E-state index in [1.54, 1.807) is 42.7 Å². The monoisotopic (exact) mass is 426 g/mol. The molecule has 1 amide bonds. The largest absolute Gasteiger partial charge is 0.497 e. The number of hydrogen-bond acceptors (Lipinski definition) is 5. The molecule has 0 saturated carbocycles. The minimum atomic E-state index is -0.174. The first-order chi connectivity index (χ1) is 13.6. The number of carbonyl (C=O) groups excluding carboxylic acids is 1. The second-order valence-electron chi connectivity index (χ2n) is 5.87. The van der Waals surface area contributed by atoms with E-state index in [4.69, 9.17) is 16.3 Å². The Morgan fingerprint density at radius 1 is 1.11 bits per heavy atom. The first-order valence-electron chi connectivity index (χ1n) is 8.41. The summed E-state index contributed by atoms with van der Waals surface area (Å²) in [6.07, 6.45) is 0. The first-order valence-corrected chi connectivity index (χ1v) is 10.4. The van der Waals surface area contributed by atoms with Crippen LogP contribution >= 0.6 is 34.7 Å². The Hall–Kier alpha value is -2.54. The number of halogens is 1. The number of nitrogens with one attached hydrogen (secondary N) is 1. The van der Waals surface area contributed by atoms with Crippen molar-refractivity contribution < 1.29 is 9.53 Å². The average molecular weight is 427 g/mol. The lowest BCUT2D eigenvalue weighted by molar-refractivity contribution is 0.102. The van der Waals surface area contributed by atoms with Crippen LogP contribution in [0.5, 0.6) is 5.75 Å². The third-order valence-corrected chi connectivity index (χ3v) is 6.41. The van der Waals surface area contributed by atoms with Gasteiger partial charge in [0.15, 0.2) is 4.34 Å². The summed E-state index contributed by atoms with van der Waals surface area (Å²) in [5, 5.41) is 3.68. The van der Waals surface area contributed by atoms with E-state index in [0.717, 1.165) is 25.1 Å². The molecule has 3 aromatic carbocycles. The Labute approximate surface area is 175 Å². The molecule has 1 N–H and O–H groups in total. The summed E-state index contributed by atoms with van der Waals surface area (Å²) in [6.45, 7) is 0. The molecule has 0 atom stereocenters. The summed E-state index contributed by atoms with van der Waals surface area (Å²) in [6, 6.07) is 20.3. The minimum Gasteiger partial charge on any atom is -0.497 e. The lowest BCUT2D eigenvalue weighted by atomic mass is 10.2. The highest BCUT2D eigenvalue weighted by molar-refractivity contribution is 8.01. The van der Waals surface area contributed by atoms with Crippen molar-refractivity contribution in [2.24, 2.45) is 0 Å². The summed E-state index contributed by atoms with van der Waals surface area (Å²) < 4.78 is 7.06. The summed E-state index contributed by atoms with van der Waals surface area (Å²) in [7, 11) is 1.60. The van der Waals surface area contributed by atoms with Crippen LogP contribution in [0.3, 0.4) is 0 Å². The van der Waals surface area contributed by atoms with Gasteiger partial charge >= 0.3 is 0 Å². The van der Waals surface area contributed by atoms with Crippen LogP contribution in [0.4, 0.5) is 5.69 Å². The predicted molar refractivity (Wildman–Crippen MR) is 116 cm³/mol. The Balaban J connectivity index is 1.56. The lowest BCUT2D eigenvalue weighted by Gasteiger charge is -2.10. The van der Waals surface area contributed by atoms with E-state index in [-0.39, 0.29) is 5.91 Å². The zero-order chi connectivity index (χ0) is 19.5. The zero-order valence-corrected chi connectivity index (χ0v) is 17.2. The van der Waals surface area contributed by atoms with Gasteiger partial charge in [-0.2, -0.15) is 0 Å². The van der Waals surface area contributed by atoms with Gasteiger partial charge in [0.25, 0.3) is 5.91 Å². The number of methoxy groups -OCH3 is 1. The maximum Gasteiger partial charge on any atom is 0.255 e. The molecular weight excluding hydrogens is 412 g/mol. The third kappa shape index (κ3) is 4.14. The molecule has 0 bridgehead atoms. The van der Waals surface area contributed by atoms with Gasteiger partial charge in [0.2, 0.25) is 0 Å². The molecule has 1 aromatic heterocycles. The fourth-order valence-corrected chi connectivity index (χ4v) is 5.00. The van der Waals surface area contributed by atoms with Crippen LogP contribution in [0.15, 0.2) is 76.0 Å². The van der Waals surface area contributed by atoms with E-state index in [9.17, 15) is 4.79 Å². The van der Waals surface area contributed by atoms with Crippen molar-refractivity contribution in [2.75, 3.05) is 12.4 Å². The van der Waals surface area contributed by atoms with Crippen molar-refractivity contribution in [3.05, 3.63) is 77.3 Å². The van der Waals surface area contributed by atoms with Crippen molar-refractivity contribution in [3.8, 4) is 5.75 Å². The molecule has 1 heterocycles. The number of rotatable bonds is 5. The van der Waals surface area contributed by atoms with Crippen LogP contribution in [0.25, 0.3) is 10.2 Å². The molecule has 28 heavy (non-hydrogen) atoms. The van der Waals surface area contributed by atoms with Crippen molar-refractivity contribution in [1.82, 2.24) is 4.98 Å². The van der Waals surface area contributed by atoms with Gasteiger partial charge in [-0.15, -0.1) is 11.3 Å². The highest BCUT2D eigenvalue weighted by Gasteiger charge is 2.12. The zero-order valence-electron chi connectivity index (χ0n) is 14.8. The lowest BCUT2D eigenvalue weighted by Crippen LogP contribution is -2.12. The van der Waals surface area contributed by atoms with Crippen LogP contribution in [-0.2, 0) is 0 Å². The van der Waals surface area contributed by atoms with Crippen LogP contribution in [0, 0.1) is 0 Å². The highest BCUT2D eigenvalue weighted by Crippen LogP contribution is 2.38. The van der Waals surface area contributed by atoms with Gasteiger partial charge in [-0.05, 0) is 54.6 Å². The number of fused-ring (bicyclic) bond motifs is 1. The van der Waals surface area contributed by atoms with E-state index in [1.807, 2.05) is 42.5 Å². The SMILES string of the molecule is COc1ccc(C(=O)Nc2ccccc2Sc2nc3ccc(Cl)cc3s2)cc1. The van der Waals surface area contributed by atoms with Crippen molar-refractivity contribution in [1.29, 1.82) is 0 Å². The number of amides is 1. The van der Waals surface area contributed by atoms with Gasteiger partial charge in [0.05, 0.1) is 23.0 Å². The molecule has 0 unspecified atom stereocenters. The van der Waals surface area contributed by atoms with Crippen LogP contribution in [-0.4, -0.2) is 18.0 Å². The fraction of sp³-hybridized carbons (Fsp3) is 0.0476. The van der Waals surface area contributed by atoms with E-state index >= 15 is 0 Å². The van der Waals surface area contributed by atoms with Gasteiger partial charge in [-0.3, -0.25) is 4.79 Å². The maximum atomic E-state index is 12.6. The van der Waals surface area contributed by atoms with Gasteiger partial charge in [-0.1, -0.05) is 35.5 Å². The molecule has 4 rings (SSSR count). The molecule has 0 fully saturated rings. The molecule has 0 spiro atoms. The van der Waals surface area contributed by atoms with Crippen molar-refractivity contribution in [3.63, 3.8) is 0 Å². The number of anilines is 1. The van der Waals surface area contributed by atoms with E-state index < -0.39 is 0 Å². The molecule has 0 radical (unpaired) electrons. The highest BCUT2D eigenvalue weighted by atomic mass is 35.5. The number of thiazole rings is 1. The molecule has 4 nitrogen and oxygen atoms in total. The Morgan fingerprint density at radius 2 is 1.89 bits per heavy atom. The number of nitrogens with zero attached hydrogens (tertiary/aromatic N) is 1. The number of ether oxygens (including phenoxy) is 1. The van der Waals surface area contributed by atoms with E-state index in [0.29, 0.717) is 16.3 Å². The standard InChI is InChI=1S/C21H15ClN2O2S2/c1-26-15-9-6-13(7-10-15)20(25)23-16-4-2-3-5-18(16)27-21-24-17-11-8-14(22)12-19(17)28-21/h2-12H,1H3,(H,23,25). The average Bonchev–Trinajstić information content (AvgIpc) is 3.11. The molecule has 0 aliphatic carbocycles. The number of hydrogen-bond donors (Lipinski definition) is 1. The van der Waals surface area contributed by atoms with E-state index in [2.05, 4.69) is 10.3 Å². The van der Waals surface area contributed by atoms with Gasteiger partial charge < -0.3 is 10.1 Å². The molecule has 140 valence electrons. The predicted octanol–water partition coefficient (Wildman–Crippen LogP) is 6.36. The number of aromatic nitrogens is 1. The molecular formula is C21H15ClN2O2S2. The molecule has 7 heteroatoms. The van der Waals surface area contributed by atoms with Gasteiger partial charge in [0.1, 0.15) is 5.75 Å². The van der Waals surface area contributed by atoms with Crippen molar-refractivity contribution in [2.45, 2.75) is 9.24 Å². The molecule has 0 saturated heterocycles. The quantitative estimate of drug-likeness (QED) is 0.403. The number of benzene rings is 3. The normalized spacial score (nSPS) is 10.8. The number of carbonyl (C=O) groups is 1. The van der Waals surface area contributed by atoms with Gasteiger partial charge in [0, 0.05) is 15.5 Å². The second kappa shape index (κ2) is 8.22. The number of para-hydroxylation sites is 1. The maximum absolute atomic E-state index is 12.6. The minimum absolute atomic E-state index is 0.174. The summed E-state index contributed by atoms with van der Waals surface area (Å²) >= 11 is 9.16. The third-order valence-electron chi connectivity index (χ3n) is 4.02. The molecule has 0 aliphatic rings. The van der Waals surface area contributed by atoms with E-state index in [1.165, 1.54) is 11.8 Å². The molecule has 4 aromatic rings. The second-order valence-corrected chi connectivity index (χ2v) is 8.63. The van der Waals surface area contributed by atoms with Gasteiger partial charge in [-0.25, -0.2) is 4.98 Å². The summed E-state index contributed by atoms with van der Waals surface area (Å²) in [5.41, 5.74) is 2.22. The summed E-state index contributed by atoms with van der Waals surface area (Å²) in [4.78, 5) is 18.2. The summed E-state index contributed by atoms with van der Waals surface area (Å²) in [5.74, 6) is 0.537. The Kier molecular flexibility index (Phi) is 5.52. The Bertz CT molecular complexity index is 1140. The van der Waals surface area contributed by atoms with Crippen LogP contribution in [0.2, 0.25) is 5.02 Å². The van der Waals surface area contributed by atoms with Crippen LogP contribution in [0.1, 0.15) is 10.4 Å². The Morgan fingerprint density at radius 3 is 2.68 bits per heavy atom. The smallest absolute Gasteiger partial charge is 0.255 e. The van der Waals surface area contributed by atoms with Crippen LogP contribution < -0.4 is 10.1 Å².